The maximum atomic E-state index is 13.3. The number of fused-ring (bicyclic) bond motifs is 2. The maximum absolute atomic E-state index is 13.3. The standard InChI is InChI=1S/C24H18ClNO8S/c1-2-33-19(27)12-34-18-11-17(26-35(31,32)14-9-7-13(25)8-10-14)20-21(24(18)30)23(29)16-6-4-3-5-15(16)22(20)28/h3-11,26,30H,2,12H2,1H3. The van der Waals surface area contributed by atoms with Crippen molar-refractivity contribution in [2.75, 3.05) is 17.9 Å². The molecule has 0 atom stereocenters. The van der Waals surface area contributed by atoms with Gasteiger partial charge in [0.1, 0.15) is 0 Å². The van der Waals surface area contributed by atoms with Crippen LogP contribution in [0.4, 0.5) is 5.69 Å². The van der Waals surface area contributed by atoms with Gasteiger partial charge >= 0.3 is 5.97 Å². The summed E-state index contributed by atoms with van der Waals surface area (Å²) in [6.45, 7) is 1.07. The second-order valence-electron chi connectivity index (χ2n) is 7.38. The molecule has 0 unspecified atom stereocenters. The lowest BCUT2D eigenvalue weighted by Crippen LogP contribution is -2.25. The van der Waals surface area contributed by atoms with Crippen LogP contribution in [0.3, 0.4) is 0 Å². The number of rotatable bonds is 7. The molecule has 0 aliphatic heterocycles. The molecule has 0 fully saturated rings. The Labute approximate surface area is 205 Å². The molecule has 3 aromatic carbocycles. The second kappa shape index (κ2) is 9.40. The van der Waals surface area contributed by atoms with Gasteiger partial charge < -0.3 is 14.6 Å². The second-order valence-corrected chi connectivity index (χ2v) is 9.50. The molecule has 0 saturated heterocycles. The highest BCUT2D eigenvalue weighted by molar-refractivity contribution is 7.92. The minimum Gasteiger partial charge on any atom is -0.504 e. The van der Waals surface area contributed by atoms with Crippen molar-refractivity contribution in [1.82, 2.24) is 0 Å². The Morgan fingerprint density at radius 1 is 1.00 bits per heavy atom. The summed E-state index contributed by atoms with van der Waals surface area (Å²) in [7, 11) is -4.25. The summed E-state index contributed by atoms with van der Waals surface area (Å²) >= 11 is 5.84. The predicted octanol–water partition coefficient (Wildman–Crippen LogP) is 3.56. The summed E-state index contributed by atoms with van der Waals surface area (Å²) in [5.41, 5.74) is -0.999. The molecule has 0 saturated carbocycles. The van der Waals surface area contributed by atoms with Gasteiger partial charge in [-0.05, 0) is 31.2 Å². The molecular formula is C24H18ClNO8S. The monoisotopic (exact) mass is 515 g/mol. The molecule has 1 aliphatic rings. The van der Waals surface area contributed by atoms with Crippen LogP contribution in [-0.2, 0) is 19.6 Å². The first kappa shape index (κ1) is 24.2. The van der Waals surface area contributed by atoms with Crippen LogP contribution in [0.1, 0.15) is 38.8 Å². The van der Waals surface area contributed by atoms with E-state index in [1.807, 2.05) is 0 Å². The van der Waals surface area contributed by atoms with E-state index in [0.29, 0.717) is 5.02 Å². The first-order valence-electron chi connectivity index (χ1n) is 10.3. The number of hydrogen-bond donors (Lipinski definition) is 2. The molecule has 0 aromatic heterocycles. The molecule has 0 amide bonds. The topological polar surface area (TPSA) is 136 Å². The maximum Gasteiger partial charge on any atom is 0.344 e. The molecule has 0 radical (unpaired) electrons. The lowest BCUT2D eigenvalue weighted by atomic mass is 9.82. The third-order valence-corrected chi connectivity index (χ3v) is 6.79. The average Bonchev–Trinajstić information content (AvgIpc) is 2.83. The number of carbonyl (C=O) groups is 3. The molecule has 4 rings (SSSR count). The first-order valence-corrected chi connectivity index (χ1v) is 12.1. The number of hydrogen-bond acceptors (Lipinski definition) is 8. The summed E-state index contributed by atoms with van der Waals surface area (Å²) < 4.78 is 38.5. The molecule has 0 heterocycles. The average molecular weight is 516 g/mol. The van der Waals surface area contributed by atoms with Crippen molar-refractivity contribution in [2.24, 2.45) is 0 Å². The molecule has 180 valence electrons. The fourth-order valence-electron chi connectivity index (χ4n) is 3.60. The number of ketones is 2. The van der Waals surface area contributed by atoms with Gasteiger partial charge in [-0.1, -0.05) is 35.9 Å². The van der Waals surface area contributed by atoms with Gasteiger partial charge in [0, 0.05) is 22.2 Å². The van der Waals surface area contributed by atoms with Gasteiger partial charge in [-0.2, -0.15) is 0 Å². The van der Waals surface area contributed by atoms with E-state index in [-0.39, 0.29) is 39.6 Å². The lowest BCUT2D eigenvalue weighted by molar-refractivity contribution is -0.145. The van der Waals surface area contributed by atoms with Crippen LogP contribution < -0.4 is 9.46 Å². The number of benzene rings is 3. The van der Waals surface area contributed by atoms with Crippen molar-refractivity contribution in [1.29, 1.82) is 0 Å². The van der Waals surface area contributed by atoms with Gasteiger partial charge in [-0.25, -0.2) is 13.2 Å². The number of phenols is 1. The van der Waals surface area contributed by atoms with Crippen LogP contribution in [0.25, 0.3) is 0 Å². The van der Waals surface area contributed by atoms with E-state index in [0.717, 1.165) is 6.07 Å². The van der Waals surface area contributed by atoms with Gasteiger partial charge in [-0.3, -0.25) is 14.3 Å². The number of esters is 1. The van der Waals surface area contributed by atoms with Crippen LogP contribution in [0, 0.1) is 0 Å². The Bertz CT molecular complexity index is 1470. The van der Waals surface area contributed by atoms with Crippen molar-refractivity contribution >= 4 is 44.8 Å². The number of anilines is 1. The Kier molecular flexibility index (Phi) is 6.51. The van der Waals surface area contributed by atoms with Gasteiger partial charge in [0.15, 0.2) is 29.7 Å². The van der Waals surface area contributed by atoms with E-state index in [4.69, 9.17) is 21.1 Å². The zero-order chi connectivity index (χ0) is 25.3. The third-order valence-electron chi connectivity index (χ3n) is 5.15. The molecule has 3 aromatic rings. The van der Waals surface area contributed by atoms with Gasteiger partial charge in [0.25, 0.3) is 10.0 Å². The quantitative estimate of drug-likeness (QED) is 0.281. The van der Waals surface area contributed by atoms with Crippen molar-refractivity contribution < 1.29 is 37.4 Å². The van der Waals surface area contributed by atoms with Crippen molar-refractivity contribution in [3.63, 3.8) is 0 Å². The van der Waals surface area contributed by atoms with E-state index in [1.165, 1.54) is 36.4 Å². The Morgan fingerprint density at radius 3 is 2.20 bits per heavy atom. The smallest absolute Gasteiger partial charge is 0.344 e. The molecule has 0 bridgehead atoms. The Hall–Kier alpha value is -3.89. The largest absolute Gasteiger partial charge is 0.504 e. The summed E-state index contributed by atoms with van der Waals surface area (Å²) in [4.78, 5) is 38.2. The summed E-state index contributed by atoms with van der Waals surface area (Å²) in [6.07, 6.45) is 0. The van der Waals surface area contributed by atoms with Crippen molar-refractivity contribution in [3.8, 4) is 11.5 Å². The highest BCUT2D eigenvalue weighted by atomic mass is 35.5. The minimum atomic E-state index is -4.25. The highest BCUT2D eigenvalue weighted by Gasteiger charge is 2.37. The summed E-state index contributed by atoms with van der Waals surface area (Å²) in [6, 6.07) is 12.3. The number of ether oxygens (including phenoxy) is 2. The number of carbonyl (C=O) groups excluding carboxylic acids is 3. The van der Waals surface area contributed by atoms with Crippen LogP contribution in [0.5, 0.6) is 11.5 Å². The number of sulfonamides is 1. The molecule has 9 nitrogen and oxygen atoms in total. The van der Waals surface area contributed by atoms with Crippen LogP contribution in [0.2, 0.25) is 5.02 Å². The predicted molar refractivity (Wildman–Crippen MR) is 126 cm³/mol. The first-order chi connectivity index (χ1) is 16.6. The molecule has 35 heavy (non-hydrogen) atoms. The van der Waals surface area contributed by atoms with Gasteiger partial charge in [0.2, 0.25) is 0 Å². The van der Waals surface area contributed by atoms with Gasteiger partial charge in [0.05, 0.1) is 28.3 Å². The van der Waals surface area contributed by atoms with E-state index in [1.54, 1.807) is 19.1 Å². The number of halogens is 1. The molecule has 1 aliphatic carbocycles. The van der Waals surface area contributed by atoms with Crippen LogP contribution in [-0.4, -0.2) is 44.3 Å². The normalized spacial score (nSPS) is 12.5. The van der Waals surface area contributed by atoms with Crippen LogP contribution >= 0.6 is 11.6 Å². The SMILES string of the molecule is CCOC(=O)COc1cc(NS(=O)(=O)c2ccc(Cl)cc2)c2c(c1O)C(=O)c1ccccc1C2=O. The molecule has 11 heteroatoms. The number of nitrogens with one attached hydrogen (secondary N) is 1. The molecule has 2 N–H and O–H groups in total. The summed E-state index contributed by atoms with van der Waals surface area (Å²) in [5.74, 6) is -3.21. The van der Waals surface area contributed by atoms with Crippen LogP contribution in [0.15, 0.2) is 59.5 Å². The Balaban J connectivity index is 1.87. The number of phenolic OH excluding ortho intramolecular Hbond substituents is 1. The zero-order valence-corrected chi connectivity index (χ0v) is 19.8. The Morgan fingerprint density at radius 2 is 1.60 bits per heavy atom. The molecular weight excluding hydrogens is 498 g/mol. The number of aromatic hydroxyl groups is 1. The van der Waals surface area contributed by atoms with E-state index < -0.39 is 45.5 Å². The zero-order valence-electron chi connectivity index (χ0n) is 18.2. The lowest BCUT2D eigenvalue weighted by Gasteiger charge is -2.23. The van der Waals surface area contributed by atoms with Crippen molar-refractivity contribution in [3.05, 3.63) is 81.9 Å². The molecule has 0 spiro atoms. The minimum absolute atomic E-state index is 0.0364. The fourth-order valence-corrected chi connectivity index (χ4v) is 4.79. The fraction of sp³-hybridized carbons (Fsp3) is 0.125. The highest BCUT2D eigenvalue weighted by Crippen LogP contribution is 2.43. The van der Waals surface area contributed by atoms with Crippen molar-refractivity contribution in [2.45, 2.75) is 11.8 Å². The van der Waals surface area contributed by atoms with E-state index in [2.05, 4.69) is 4.72 Å². The van der Waals surface area contributed by atoms with E-state index in [9.17, 15) is 27.9 Å². The summed E-state index contributed by atoms with van der Waals surface area (Å²) in [5, 5.41) is 11.1. The van der Waals surface area contributed by atoms with E-state index >= 15 is 0 Å². The third kappa shape index (κ3) is 4.58. The van der Waals surface area contributed by atoms with Gasteiger partial charge in [-0.15, -0.1) is 0 Å².